The van der Waals surface area contributed by atoms with Gasteiger partial charge in [-0.3, -0.25) is 15.0 Å². The van der Waals surface area contributed by atoms with Gasteiger partial charge < -0.3 is 4.74 Å². The molecule has 0 aromatic carbocycles. The maximum absolute atomic E-state index is 10.6. The van der Waals surface area contributed by atoms with E-state index >= 15 is 0 Å². The van der Waals surface area contributed by atoms with Gasteiger partial charge in [-0.25, -0.2) is 6.57 Å². The van der Waals surface area contributed by atoms with Crippen molar-refractivity contribution in [2.24, 2.45) is 0 Å². The topological polar surface area (TPSA) is 42.7 Å². The van der Waals surface area contributed by atoms with Gasteiger partial charge in [0.1, 0.15) is 6.61 Å². The number of nitrogens with one attached hydrogen (secondary N) is 1. The number of hydrogen-bond donors (Lipinski definition) is 1. The second-order valence-electron chi connectivity index (χ2n) is 2.50. The lowest BCUT2D eigenvalue weighted by Gasteiger charge is -2.15. The lowest BCUT2D eigenvalue weighted by molar-refractivity contribution is -0.120. The molecule has 11 heavy (non-hydrogen) atoms. The normalized spacial score (nSPS) is 14.7. The van der Waals surface area contributed by atoms with Crippen LogP contribution in [0.5, 0.6) is 0 Å². The molecule has 0 aromatic heterocycles. The van der Waals surface area contributed by atoms with Gasteiger partial charge in [-0.05, 0) is 0 Å². The number of methoxy groups -OCH3 is 1. The van der Waals surface area contributed by atoms with E-state index in [2.05, 4.69) is 10.2 Å². The Morgan fingerprint density at radius 2 is 2.36 bits per heavy atom. The first-order chi connectivity index (χ1) is 5.04. The van der Waals surface area contributed by atoms with Crippen LogP contribution in [-0.4, -0.2) is 25.3 Å². The van der Waals surface area contributed by atoms with Gasteiger partial charge >= 0.3 is 5.66 Å². The summed E-state index contributed by atoms with van der Waals surface area (Å²) in [7, 11) is 1.49. The average molecular weight is 156 g/mol. The molecule has 0 aliphatic rings. The molecule has 1 N–H and O–H groups in total. The first kappa shape index (κ1) is 9.92. The van der Waals surface area contributed by atoms with Crippen LogP contribution in [-0.2, 0) is 9.53 Å². The monoisotopic (exact) mass is 156 g/mol. The molecule has 0 aliphatic heterocycles. The average Bonchev–Trinajstić information content (AvgIpc) is 1.87. The highest BCUT2D eigenvalue weighted by atomic mass is 16.5. The Labute approximate surface area is 66.4 Å². The summed E-state index contributed by atoms with van der Waals surface area (Å²) >= 11 is 0. The minimum Gasteiger partial charge on any atom is -0.374 e. The lowest BCUT2D eigenvalue weighted by Crippen LogP contribution is -2.45. The lowest BCUT2D eigenvalue weighted by atomic mass is 10.2. The summed E-state index contributed by atoms with van der Waals surface area (Å²) in [6, 6.07) is 0. The zero-order chi connectivity index (χ0) is 8.91. The molecule has 0 rings (SSSR count). The van der Waals surface area contributed by atoms with E-state index in [1.807, 2.05) is 0 Å². The molecular formula is C7H12N2O2. The van der Waals surface area contributed by atoms with E-state index in [1.54, 1.807) is 6.92 Å². The molecule has 4 nitrogen and oxygen atoms in total. The number of amides is 1. The van der Waals surface area contributed by atoms with E-state index in [-0.39, 0.29) is 12.5 Å². The second kappa shape index (κ2) is 3.94. The summed E-state index contributed by atoms with van der Waals surface area (Å²) in [4.78, 5) is 13.8. The third-order valence-corrected chi connectivity index (χ3v) is 1.12. The number of carbonyl (C=O) groups is 1. The molecule has 62 valence electrons. The van der Waals surface area contributed by atoms with Crippen molar-refractivity contribution in [1.82, 2.24) is 5.32 Å². The Kier molecular flexibility index (Phi) is 3.55. The Morgan fingerprint density at radius 1 is 1.82 bits per heavy atom. The third kappa shape index (κ3) is 3.58. The highest BCUT2D eigenvalue weighted by Gasteiger charge is 2.30. The maximum Gasteiger partial charge on any atom is 0.327 e. The van der Waals surface area contributed by atoms with Gasteiger partial charge in [0.15, 0.2) is 0 Å². The first-order valence-corrected chi connectivity index (χ1v) is 3.20. The molecule has 0 saturated heterocycles. The van der Waals surface area contributed by atoms with Crippen LogP contribution in [0.1, 0.15) is 13.8 Å². The number of ether oxygens (including phenoxy) is 1. The largest absolute Gasteiger partial charge is 0.374 e. The molecule has 0 radical (unpaired) electrons. The van der Waals surface area contributed by atoms with Crippen LogP contribution < -0.4 is 5.32 Å². The fourth-order valence-corrected chi connectivity index (χ4v) is 0.757. The van der Waals surface area contributed by atoms with Crippen molar-refractivity contribution in [2.75, 3.05) is 13.7 Å². The van der Waals surface area contributed by atoms with Crippen LogP contribution >= 0.6 is 0 Å². The fourth-order valence-electron chi connectivity index (χ4n) is 0.757. The van der Waals surface area contributed by atoms with E-state index in [1.165, 1.54) is 14.0 Å². The standard InChI is InChI=1S/C7H12N2O2/c1-6(10)9-7(2,8-3)5-11-4/h5H2,1-2,4H3,(H,9,10)/t7-/m0/s1. The fraction of sp³-hybridized carbons (Fsp3) is 0.714. The third-order valence-electron chi connectivity index (χ3n) is 1.12. The number of hydrogen-bond acceptors (Lipinski definition) is 2. The van der Waals surface area contributed by atoms with Crippen molar-refractivity contribution in [3.05, 3.63) is 11.4 Å². The molecule has 0 aromatic rings. The minimum absolute atomic E-state index is 0.204. The van der Waals surface area contributed by atoms with Gasteiger partial charge in [-0.1, -0.05) is 0 Å². The number of carbonyl (C=O) groups excluding carboxylic acids is 1. The molecule has 0 fully saturated rings. The molecule has 0 unspecified atom stereocenters. The van der Waals surface area contributed by atoms with Crippen LogP contribution in [0.25, 0.3) is 4.85 Å². The molecule has 4 heteroatoms. The molecule has 1 atom stereocenters. The zero-order valence-corrected chi connectivity index (χ0v) is 6.97. The summed E-state index contributed by atoms with van der Waals surface area (Å²) in [5.74, 6) is -0.222. The van der Waals surface area contributed by atoms with Crippen LogP contribution in [0.15, 0.2) is 0 Å². The molecule has 0 bridgehead atoms. The Balaban J connectivity index is 4.13. The predicted molar refractivity (Wildman–Crippen MR) is 40.7 cm³/mol. The quantitative estimate of drug-likeness (QED) is 0.601. The predicted octanol–water partition coefficient (Wildman–Crippen LogP) is 0.404. The van der Waals surface area contributed by atoms with Gasteiger partial charge in [0.05, 0.1) is 0 Å². The minimum atomic E-state index is -0.916. The molecule has 1 amide bonds. The van der Waals surface area contributed by atoms with Crippen LogP contribution in [0.2, 0.25) is 0 Å². The molecule has 0 heterocycles. The number of rotatable bonds is 3. The molecule has 0 saturated carbocycles. The first-order valence-electron chi connectivity index (χ1n) is 3.20. The Morgan fingerprint density at radius 3 is 2.64 bits per heavy atom. The highest BCUT2D eigenvalue weighted by Crippen LogP contribution is 2.04. The SMILES string of the molecule is [C-]#[N+][C@](C)(COC)NC(C)=O. The summed E-state index contributed by atoms with van der Waals surface area (Å²) in [5, 5.41) is 2.49. The molecule has 0 spiro atoms. The summed E-state index contributed by atoms with van der Waals surface area (Å²) in [6.07, 6.45) is 0. The molecular weight excluding hydrogens is 144 g/mol. The van der Waals surface area contributed by atoms with E-state index < -0.39 is 5.66 Å². The van der Waals surface area contributed by atoms with Crippen molar-refractivity contribution in [1.29, 1.82) is 0 Å². The number of nitrogens with zero attached hydrogens (tertiary/aromatic N) is 1. The van der Waals surface area contributed by atoms with Crippen LogP contribution in [0, 0.1) is 6.57 Å². The van der Waals surface area contributed by atoms with Crippen molar-refractivity contribution < 1.29 is 9.53 Å². The van der Waals surface area contributed by atoms with Crippen LogP contribution in [0.4, 0.5) is 0 Å². The van der Waals surface area contributed by atoms with Crippen molar-refractivity contribution >= 4 is 5.91 Å². The summed E-state index contributed by atoms with van der Waals surface area (Å²) < 4.78 is 4.77. The van der Waals surface area contributed by atoms with Gasteiger partial charge in [0.25, 0.3) is 0 Å². The highest BCUT2D eigenvalue weighted by molar-refractivity contribution is 5.74. The van der Waals surface area contributed by atoms with Crippen LogP contribution in [0.3, 0.4) is 0 Å². The van der Waals surface area contributed by atoms with E-state index in [0.29, 0.717) is 0 Å². The van der Waals surface area contributed by atoms with Gasteiger partial charge in [-0.2, -0.15) is 0 Å². The zero-order valence-electron chi connectivity index (χ0n) is 6.97. The van der Waals surface area contributed by atoms with Gasteiger partial charge in [0.2, 0.25) is 5.91 Å². The van der Waals surface area contributed by atoms with E-state index in [0.717, 1.165) is 0 Å². The van der Waals surface area contributed by atoms with Gasteiger partial charge in [0, 0.05) is 21.0 Å². The summed E-state index contributed by atoms with van der Waals surface area (Å²) in [5.41, 5.74) is -0.916. The van der Waals surface area contributed by atoms with E-state index in [9.17, 15) is 4.79 Å². The second-order valence-corrected chi connectivity index (χ2v) is 2.50. The van der Waals surface area contributed by atoms with Crippen molar-refractivity contribution in [2.45, 2.75) is 19.5 Å². The van der Waals surface area contributed by atoms with Gasteiger partial charge in [-0.15, -0.1) is 0 Å². The maximum atomic E-state index is 10.6. The van der Waals surface area contributed by atoms with Crippen molar-refractivity contribution in [3.8, 4) is 0 Å². The smallest absolute Gasteiger partial charge is 0.327 e. The van der Waals surface area contributed by atoms with Crippen molar-refractivity contribution in [3.63, 3.8) is 0 Å². The molecule has 0 aliphatic carbocycles. The Hall–Kier alpha value is -1.08. The Bertz CT molecular complexity index is 185. The van der Waals surface area contributed by atoms with E-state index in [4.69, 9.17) is 11.3 Å². The summed E-state index contributed by atoms with van der Waals surface area (Å²) in [6.45, 7) is 9.98.